The Labute approximate surface area is 269 Å². The Morgan fingerprint density at radius 1 is 1.11 bits per heavy atom. The highest BCUT2D eigenvalue weighted by molar-refractivity contribution is 7.97. The highest BCUT2D eigenvalue weighted by Gasteiger charge is 2.46. The molecule has 3 aliphatic rings. The number of carbonyl (C=O) groups excluding carboxylic acids is 1. The molecule has 3 N–H and O–H groups in total. The Bertz CT molecular complexity index is 1670. The lowest BCUT2D eigenvalue weighted by atomic mass is 9.88. The van der Waals surface area contributed by atoms with Crippen molar-refractivity contribution in [2.24, 2.45) is 7.05 Å². The first kappa shape index (κ1) is 30.2. The van der Waals surface area contributed by atoms with Crippen LogP contribution >= 0.6 is 11.9 Å². The second-order valence-electron chi connectivity index (χ2n) is 12.8. The normalized spacial score (nSPS) is 20.7. The Hall–Kier alpha value is -3.51. The van der Waals surface area contributed by atoms with Crippen molar-refractivity contribution in [2.45, 2.75) is 68.0 Å². The smallest absolute Gasteiger partial charge is 0.225 e. The first-order valence-electron chi connectivity index (χ1n) is 16.1. The van der Waals surface area contributed by atoms with E-state index in [-0.39, 0.29) is 6.17 Å². The number of aryl methyl sites for hydroxylation is 2. The summed E-state index contributed by atoms with van der Waals surface area (Å²) < 4.78 is 4.38. The summed E-state index contributed by atoms with van der Waals surface area (Å²) in [4.78, 5) is 24.7. The minimum absolute atomic E-state index is 0.0859. The van der Waals surface area contributed by atoms with Crippen molar-refractivity contribution in [3.63, 3.8) is 0 Å². The molecule has 0 bridgehead atoms. The Morgan fingerprint density at radius 3 is 2.69 bits per heavy atom. The molecule has 236 valence electrons. The van der Waals surface area contributed by atoms with Gasteiger partial charge in [-0.15, -0.1) is 0 Å². The van der Waals surface area contributed by atoms with Gasteiger partial charge in [-0.3, -0.25) is 14.9 Å². The monoisotopic (exact) mass is 625 g/mol. The van der Waals surface area contributed by atoms with Crippen LogP contribution in [0, 0.1) is 6.92 Å². The van der Waals surface area contributed by atoms with Crippen LogP contribution in [0.15, 0.2) is 53.6 Å². The summed E-state index contributed by atoms with van der Waals surface area (Å²) in [5.74, 6) is 1.91. The molecule has 0 spiro atoms. The van der Waals surface area contributed by atoms with Crippen LogP contribution in [0.1, 0.15) is 60.4 Å². The third-order valence-electron chi connectivity index (χ3n) is 9.72. The number of carbonyl (C=O) groups is 1. The van der Waals surface area contributed by atoms with E-state index in [1.165, 1.54) is 39.8 Å². The highest BCUT2D eigenvalue weighted by atomic mass is 32.2. The van der Waals surface area contributed by atoms with E-state index in [0.717, 1.165) is 75.5 Å². The van der Waals surface area contributed by atoms with Gasteiger partial charge in [0.1, 0.15) is 12.1 Å². The summed E-state index contributed by atoms with van der Waals surface area (Å²) in [7, 11) is 3.88. The number of anilines is 2. The van der Waals surface area contributed by atoms with Gasteiger partial charge in [-0.05, 0) is 99.3 Å². The maximum Gasteiger partial charge on any atom is 0.225 e. The standard InChI is InChI=1S/C34H43N9OS/c1-23-28-8-7-26(18-30(28)41(3)40-23)25-9-14-42(15-10-25)20-24-5-4-6-27(17-24)45-43-16-11-31(37-22-43)38-33-36-19-29(32(35-2)39-33)34(21-44)12-13-34/h4-8,17-19,21,25,31,37H,9-16,20,22H2,1-3H3,(H2,35,36,38,39). The van der Waals surface area contributed by atoms with Crippen LogP contribution < -0.4 is 16.0 Å². The molecule has 2 aromatic heterocycles. The number of hydrogen-bond donors (Lipinski definition) is 3. The summed E-state index contributed by atoms with van der Waals surface area (Å²) in [5.41, 5.74) is 5.66. The molecule has 11 heteroatoms. The quantitative estimate of drug-likeness (QED) is 0.164. The summed E-state index contributed by atoms with van der Waals surface area (Å²) >= 11 is 1.81. The van der Waals surface area contributed by atoms with E-state index in [1.54, 1.807) is 6.20 Å². The number of piperidine rings is 1. The van der Waals surface area contributed by atoms with Crippen LogP contribution in [0.5, 0.6) is 0 Å². The maximum atomic E-state index is 11.6. The summed E-state index contributed by atoms with van der Waals surface area (Å²) in [6, 6.07) is 15.9. The minimum atomic E-state index is -0.401. The van der Waals surface area contributed by atoms with E-state index < -0.39 is 5.41 Å². The van der Waals surface area contributed by atoms with Gasteiger partial charge in [0, 0.05) is 49.2 Å². The average Bonchev–Trinajstić information content (AvgIpc) is 3.81. The lowest BCUT2D eigenvalue weighted by Crippen LogP contribution is -2.48. The van der Waals surface area contributed by atoms with Crippen LogP contribution in [0.25, 0.3) is 10.9 Å². The van der Waals surface area contributed by atoms with Crippen molar-refractivity contribution in [3.8, 4) is 0 Å². The topological polar surface area (TPSA) is 103 Å². The summed E-state index contributed by atoms with van der Waals surface area (Å²) in [5, 5.41) is 16.0. The van der Waals surface area contributed by atoms with Crippen LogP contribution in [-0.4, -0.2) is 74.8 Å². The van der Waals surface area contributed by atoms with E-state index in [1.807, 2.05) is 30.7 Å². The van der Waals surface area contributed by atoms with Crippen LogP contribution in [0.3, 0.4) is 0 Å². The highest BCUT2D eigenvalue weighted by Crippen LogP contribution is 2.48. The fourth-order valence-electron chi connectivity index (χ4n) is 6.86. The SMILES string of the molecule is CNc1nc(NC2CCN(Sc3cccc(CN4CCC(c5ccc6c(C)nn(C)c6c5)CC4)c3)CN2)ncc1C1(C=O)CC1. The van der Waals surface area contributed by atoms with Crippen molar-refractivity contribution in [3.05, 3.63) is 71.0 Å². The second kappa shape index (κ2) is 12.7. The van der Waals surface area contributed by atoms with Gasteiger partial charge in [0.05, 0.1) is 29.5 Å². The number of fused-ring (bicyclic) bond motifs is 1. The van der Waals surface area contributed by atoms with E-state index >= 15 is 0 Å². The van der Waals surface area contributed by atoms with Crippen molar-refractivity contribution in [1.29, 1.82) is 0 Å². The Kier molecular flexibility index (Phi) is 8.52. The number of rotatable bonds is 10. The van der Waals surface area contributed by atoms with Crippen molar-refractivity contribution >= 4 is 40.9 Å². The number of nitrogens with one attached hydrogen (secondary N) is 3. The molecule has 2 saturated heterocycles. The predicted octanol–water partition coefficient (Wildman–Crippen LogP) is 5.02. The van der Waals surface area contributed by atoms with Gasteiger partial charge in [-0.25, -0.2) is 9.29 Å². The van der Waals surface area contributed by atoms with Crippen molar-refractivity contribution in [1.82, 2.24) is 34.3 Å². The molecule has 1 atom stereocenters. The molecular weight excluding hydrogens is 583 g/mol. The van der Waals surface area contributed by atoms with E-state index in [4.69, 9.17) is 0 Å². The molecule has 7 rings (SSSR count). The van der Waals surface area contributed by atoms with Crippen LogP contribution in [0.2, 0.25) is 0 Å². The fraction of sp³-hybridized carbons (Fsp3) is 0.471. The van der Waals surface area contributed by atoms with Gasteiger partial charge in [-0.2, -0.15) is 10.1 Å². The van der Waals surface area contributed by atoms with Crippen molar-refractivity contribution < 1.29 is 4.79 Å². The van der Waals surface area contributed by atoms with Gasteiger partial charge in [0.25, 0.3) is 0 Å². The lowest BCUT2D eigenvalue weighted by Gasteiger charge is -2.33. The van der Waals surface area contributed by atoms with Gasteiger partial charge >= 0.3 is 0 Å². The summed E-state index contributed by atoms with van der Waals surface area (Å²) in [6.07, 6.45) is 7.96. The number of benzene rings is 2. The first-order valence-corrected chi connectivity index (χ1v) is 16.9. The average molecular weight is 626 g/mol. The fourth-order valence-corrected chi connectivity index (χ4v) is 7.83. The molecule has 0 amide bonds. The Morgan fingerprint density at radius 2 is 1.96 bits per heavy atom. The lowest BCUT2D eigenvalue weighted by molar-refractivity contribution is -0.109. The summed E-state index contributed by atoms with van der Waals surface area (Å²) in [6.45, 7) is 7.03. The molecule has 45 heavy (non-hydrogen) atoms. The molecule has 10 nitrogen and oxygen atoms in total. The molecule has 0 radical (unpaired) electrons. The van der Waals surface area contributed by atoms with Gasteiger partial charge in [-0.1, -0.05) is 24.3 Å². The molecule has 4 aromatic rings. The zero-order valence-corrected chi connectivity index (χ0v) is 27.2. The molecular formula is C34H43N9OS. The minimum Gasteiger partial charge on any atom is -0.373 e. The third kappa shape index (κ3) is 6.44. The molecule has 2 aliphatic heterocycles. The number of aldehydes is 1. The van der Waals surface area contributed by atoms with Crippen molar-refractivity contribution in [2.75, 3.05) is 44.0 Å². The molecule has 1 aliphatic carbocycles. The molecule has 3 fully saturated rings. The first-order chi connectivity index (χ1) is 21.9. The largest absolute Gasteiger partial charge is 0.373 e. The Balaban J connectivity index is 0.884. The molecule has 2 aromatic carbocycles. The molecule has 1 unspecified atom stereocenters. The van der Waals surface area contributed by atoms with E-state index in [9.17, 15) is 4.79 Å². The van der Waals surface area contributed by atoms with Crippen LogP contribution in [0.4, 0.5) is 11.8 Å². The van der Waals surface area contributed by atoms with E-state index in [2.05, 4.69) is 89.6 Å². The molecule has 4 heterocycles. The predicted molar refractivity (Wildman–Crippen MR) is 180 cm³/mol. The molecule has 1 saturated carbocycles. The van der Waals surface area contributed by atoms with Gasteiger partial charge < -0.3 is 15.4 Å². The number of nitrogens with zero attached hydrogens (tertiary/aromatic N) is 6. The zero-order valence-electron chi connectivity index (χ0n) is 26.4. The van der Waals surface area contributed by atoms with Gasteiger partial charge in [0.15, 0.2) is 0 Å². The number of aromatic nitrogens is 4. The second-order valence-corrected chi connectivity index (χ2v) is 14.0. The maximum absolute atomic E-state index is 11.6. The van der Waals surface area contributed by atoms with Gasteiger partial charge in [0.2, 0.25) is 5.95 Å². The number of likely N-dealkylation sites (tertiary alicyclic amines) is 1. The van der Waals surface area contributed by atoms with Crippen LogP contribution in [-0.2, 0) is 23.8 Å². The number of hydrogen-bond acceptors (Lipinski definition) is 10. The third-order valence-corrected chi connectivity index (χ3v) is 10.8. The van der Waals surface area contributed by atoms with E-state index in [0.29, 0.717) is 11.9 Å². The zero-order chi connectivity index (χ0) is 31.0.